The molecular weight excluding hydrogens is 460 g/mol. The molecule has 0 radical (unpaired) electrons. The molecule has 1 heterocycles. The molecule has 1 aromatic carbocycles. The van der Waals surface area contributed by atoms with Crippen molar-refractivity contribution in [3.8, 4) is 0 Å². The number of piperidine rings is 1. The van der Waals surface area contributed by atoms with Gasteiger partial charge in [0.15, 0.2) is 0 Å². The number of hydrogen-bond donors (Lipinski definition) is 2. The van der Waals surface area contributed by atoms with Gasteiger partial charge in [0.05, 0.1) is 5.69 Å². The van der Waals surface area contributed by atoms with Crippen molar-refractivity contribution in [1.29, 1.82) is 0 Å². The Kier molecular flexibility index (Phi) is 5.68. The van der Waals surface area contributed by atoms with Crippen molar-refractivity contribution in [2.45, 2.75) is 50.6 Å². The lowest BCUT2D eigenvalue weighted by molar-refractivity contribution is 0.286. The molecule has 5 heteroatoms. The first-order valence-corrected chi connectivity index (χ1v) is 10.2. The zero-order valence-electron chi connectivity index (χ0n) is 12.0. The number of nitrogens with one attached hydrogen (secondary N) is 2. The van der Waals surface area contributed by atoms with Crippen LogP contribution in [0.15, 0.2) is 25.6 Å². The summed E-state index contributed by atoms with van der Waals surface area (Å²) in [6, 6.07) is 5.49. The number of benzene rings is 1. The van der Waals surface area contributed by atoms with Gasteiger partial charge in [-0.2, -0.15) is 0 Å². The van der Waals surface area contributed by atoms with Gasteiger partial charge in [-0.25, -0.2) is 0 Å². The van der Waals surface area contributed by atoms with E-state index in [1.165, 1.54) is 50.8 Å². The van der Waals surface area contributed by atoms with Crippen molar-refractivity contribution in [2.24, 2.45) is 5.92 Å². The summed E-state index contributed by atoms with van der Waals surface area (Å²) < 4.78 is 3.32. The van der Waals surface area contributed by atoms with E-state index in [4.69, 9.17) is 0 Å². The third kappa shape index (κ3) is 3.85. The molecule has 1 aliphatic carbocycles. The molecule has 0 amide bonds. The van der Waals surface area contributed by atoms with Crippen LogP contribution in [0.4, 0.5) is 5.69 Å². The second-order valence-corrected chi connectivity index (χ2v) is 8.77. The van der Waals surface area contributed by atoms with Crippen LogP contribution >= 0.6 is 47.8 Å². The van der Waals surface area contributed by atoms with Crippen LogP contribution in [0.3, 0.4) is 0 Å². The van der Waals surface area contributed by atoms with Crippen molar-refractivity contribution < 1.29 is 0 Å². The topological polar surface area (TPSA) is 24.1 Å². The van der Waals surface area contributed by atoms with Gasteiger partial charge in [0.25, 0.3) is 0 Å². The SMILES string of the molecule is Brc1cc(Br)c(NC2CCCC2C2CCCCN2)c(Br)c1. The lowest BCUT2D eigenvalue weighted by Crippen LogP contribution is -2.44. The molecule has 3 unspecified atom stereocenters. The minimum Gasteiger partial charge on any atom is -0.380 e. The summed E-state index contributed by atoms with van der Waals surface area (Å²) in [7, 11) is 0. The van der Waals surface area contributed by atoms with E-state index in [0.29, 0.717) is 12.1 Å². The first kappa shape index (κ1) is 16.3. The summed E-state index contributed by atoms with van der Waals surface area (Å²) in [5, 5.41) is 7.54. The van der Waals surface area contributed by atoms with Crippen molar-refractivity contribution in [3.63, 3.8) is 0 Å². The van der Waals surface area contributed by atoms with E-state index in [1.807, 2.05) is 0 Å². The molecule has 116 valence electrons. The molecule has 1 aliphatic heterocycles. The average Bonchev–Trinajstić information content (AvgIpc) is 2.92. The zero-order chi connectivity index (χ0) is 14.8. The highest BCUT2D eigenvalue weighted by molar-refractivity contribution is 9.11. The summed E-state index contributed by atoms with van der Waals surface area (Å²) in [5.74, 6) is 0.757. The second-order valence-electron chi connectivity index (χ2n) is 6.15. The Bertz CT molecular complexity index is 477. The van der Waals surface area contributed by atoms with E-state index in [9.17, 15) is 0 Å². The highest BCUT2D eigenvalue weighted by Crippen LogP contribution is 2.39. The van der Waals surface area contributed by atoms with Crippen molar-refractivity contribution in [3.05, 3.63) is 25.6 Å². The average molecular weight is 481 g/mol. The Labute approximate surface area is 152 Å². The molecular formula is C16H21Br3N2. The Morgan fingerprint density at radius 1 is 0.952 bits per heavy atom. The number of halogens is 3. The predicted octanol–water partition coefficient (Wildman–Crippen LogP) is 5.70. The maximum atomic E-state index is 3.80. The predicted molar refractivity (Wildman–Crippen MR) is 99.9 cm³/mol. The standard InChI is InChI=1S/C16H21Br3N2/c17-10-8-12(18)16(13(19)9-10)21-15-6-3-4-11(15)14-5-1-2-7-20-14/h8-9,11,14-15,20-21H,1-7H2. The molecule has 1 saturated carbocycles. The van der Waals surface area contributed by atoms with Gasteiger partial charge in [0.2, 0.25) is 0 Å². The zero-order valence-corrected chi connectivity index (χ0v) is 16.7. The smallest absolute Gasteiger partial charge is 0.0632 e. The van der Waals surface area contributed by atoms with Crippen LogP contribution in [-0.4, -0.2) is 18.6 Å². The summed E-state index contributed by atoms with van der Waals surface area (Å²) in [4.78, 5) is 0. The van der Waals surface area contributed by atoms with Crippen LogP contribution in [0.5, 0.6) is 0 Å². The minimum atomic E-state index is 0.578. The third-order valence-electron chi connectivity index (χ3n) is 4.77. The van der Waals surface area contributed by atoms with Gasteiger partial charge in [-0.05, 0) is 82.1 Å². The molecule has 1 saturated heterocycles. The van der Waals surface area contributed by atoms with E-state index in [2.05, 4.69) is 70.6 Å². The van der Waals surface area contributed by atoms with Crippen molar-refractivity contribution in [2.75, 3.05) is 11.9 Å². The van der Waals surface area contributed by atoms with Gasteiger partial charge < -0.3 is 10.6 Å². The summed E-state index contributed by atoms with van der Waals surface area (Å²) in [5.41, 5.74) is 1.19. The van der Waals surface area contributed by atoms with Crippen molar-refractivity contribution >= 4 is 53.5 Å². The normalized spacial score (nSPS) is 29.6. The molecule has 0 aromatic heterocycles. The number of anilines is 1. The van der Waals surface area contributed by atoms with Crippen LogP contribution in [0.25, 0.3) is 0 Å². The van der Waals surface area contributed by atoms with Gasteiger partial charge >= 0.3 is 0 Å². The van der Waals surface area contributed by atoms with Crippen LogP contribution in [0, 0.1) is 5.92 Å². The molecule has 1 aromatic rings. The summed E-state index contributed by atoms with van der Waals surface area (Å²) >= 11 is 10.9. The highest BCUT2D eigenvalue weighted by atomic mass is 79.9. The van der Waals surface area contributed by atoms with Gasteiger partial charge in [-0.15, -0.1) is 0 Å². The minimum absolute atomic E-state index is 0.578. The Morgan fingerprint density at radius 2 is 1.71 bits per heavy atom. The molecule has 0 spiro atoms. The molecule has 2 N–H and O–H groups in total. The first-order valence-electron chi connectivity index (χ1n) is 7.79. The van der Waals surface area contributed by atoms with Crippen LogP contribution in [0.2, 0.25) is 0 Å². The lowest BCUT2D eigenvalue weighted by Gasteiger charge is -2.33. The van der Waals surface area contributed by atoms with Gasteiger partial charge in [0, 0.05) is 25.5 Å². The van der Waals surface area contributed by atoms with Crippen molar-refractivity contribution in [1.82, 2.24) is 5.32 Å². The number of hydrogen-bond acceptors (Lipinski definition) is 2. The van der Waals surface area contributed by atoms with Gasteiger partial charge in [0.1, 0.15) is 0 Å². The molecule has 2 aliphatic rings. The van der Waals surface area contributed by atoms with E-state index in [-0.39, 0.29) is 0 Å². The molecule has 3 rings (SSSR count). The van der Waals surface area contributed by atoms with E-state index >= 15 is 0 Å². The summed E-state index contributed by atoms with van der Waals surface area (Å²) in [6.45, 7) is 1.19. The monoisotopic (exact) mass is 478 g/mol. The lowest BCUT2D eigenvalue weighted by atomic mass is 9.88. The highest BCUT2D eigenvalue weighted by Gasteiger charge is 2.34. The van der Waals surface area contributed by atoms with E-state index in [1.54, 1.807) is 0 Å². The van der Waals surface area contributed by atoms with Crippen LogP contribution < -0.4 is 10.6 Å². The van der Waals surface area contributed by atoms with Crippen LogP contribution in [-0.2, 0) is 0 Å². The quantitative estimate of drug-likeness (QED) is 0.580. The fraction of sp³-hybridized carbons (Fsp3) is 0.625. The molecule has 2 nitrogen and oxygen atoms in total. The van der Waals surface area contributed by atoms with Gasteiger partial charge in [-0.3, -0.25) is 0 Å². The fourth-order valence-corrected chi connectivity index (χ4v) is 6.25. The van der Waals surface area contributed by atoms with E-state index in [0.717, 1.165) is 19.3 Å². The fourth-order valence-electron chi connectivity index (χ4n) is 3.76. The summed E-state index contributed by atoms with van der Waals surface area (Å²) in [6.07, 6.45) is 8.02. The van der Waals surface area contributed by atoms with Crippen LogP contribution in [0.1, 0.15) is 38.5 Å². The van der Waals surface area contributed by atoms with E-state index < -0.39 is 0 Å². The molecule has 0 bridgehead atoms. The Morgan fingerprint density at radius 3 is 2.38 bits per heavy atom. The maximum absolute atomic E-state index is 3.80. The largest absolute Gasteiger partial charge is 0.380 e. The molecule has 3 atom stereocenters. The van der Waals surface area contributed by atoms with Gasteiger partial charge in [-0.1, -0.05) is 28.8 Å². The Balaban J connectivity index is 1.74. The maximum Gasteiger partial charge on any atom is 0.0632 e. The Hall–Kier alpha value is 0.420. The third-order valence-corrected chi connectivity index (χ3v) is 6.48. The number of rotatable bonds is 3. The molecule has 2 fully saturated rings. The molecule has 21 heavy (non-hydrogen) atoms. The first-order chi connectivity index (χ1) is 10.1. The second kappa shape index (κ2) is 7.33.